The fraction of sp³-hybridized carbons (Fsp3) is 0.357. The van der Waals surface area contributed by atoms with Crippen molar-refractivity contribution in [3.63, 3.8) is 0 Å². The van der Waals surface area contributed by atoms with Gasteiger partial charge in [-0.25, -0.2) is 9.97 Å². The number of fused-ring (bicyclic) bond motifs is 1. The topological polar surface area (TPSA) is 66.3 Å². The van der Waals surface area contributed by atoms with Crippen LogP contribution in [0.25, 0.3) is 11.0 Å². The second-order valence-corrected chi connectivity index (χ2v) is 4.74. The molecule has 0 saturated heterocycles. The van der Waals surface area contributed by atoms with E-state index in [4.69, 9.17) is 5.11 Å². The van der Waals surface area contributed by atoms with Crippen molar-refractivity contribution in [1.82, 2.24) is 9.97 Å². The first-order chi connectivity index (χ1) is 8.99. The molecular formula is C14H17N3O2. The molecule has 0 aliphatic carbocycles. The first kappa shape index (κ1) is 13.3. The largest absolute Gasteiger partial charge is 0.481 e. The molecule has 19 heavy (non-hydrogen) atoms. The quantitative estimate of drug-likeness (QED) is 0.910. The lowest BCUT2D eigenvalue weighted by atomic mass is 10.2. The van der Waals surface area contributed by atoms with Crippen LogP contribution in [0.2, 0.25) is 0 Å². The lowest BCUT2D eigenvalue weighted by molar-refractivity contribution is -0.140. The molecule has 2 rings (SSSR count). The van der Waals surface area contributed by atoms with Gasteiger partial charge in [-0.2, -0.15) is 0 Å². The zero-order valence-corrected chi connectivity index (χ0v) is 11.3. The number of carbonyl (C=O) groups is 1. The third kappa shape index (κ3) is 2.81. The minimum atomic E-state index is -0.807. The molecule has 0 aliphatic rings. The van der Waals surface area contributed by atoms with Gasteiger partial charge in [0.15, 0.2) is 5.82 Å². The predicted molar refractivity (Wildman–Crippen MR) is 74.3 cm³/mol. The van der Waals surface area contributed by atoms with E-state index in [-0.39, 0.29) is 0 Å². The highest BCUT2D eigenvalue weighted by Gasteiger charge is 2.16. The average molecular weight is 259 g/mol. The van der Waals surface area contributed by atoms with Crippen LogP contribution in [0.3, 0.4) is 0 Å². The Morgan fingerprint density at radius 2 is 1.89 bits per heavy atom. The van der Waals surface area contributed by atoms with Gasteiger partial charge in [0, 0.05) is 13.6 Å². The Bertz CT molecular complexity index is 613. The molecule has 0 spiro atoms. The Labute approximate surface area is 111 Å². The zero-order chi connectivity index (χ0) is 14.0. The number of anilines is 1. The number of rotatable bonds is 4. The summed E-state index contributed by atoms with van der Waals surface area (Å²) >= 11 is 0. The van der Waals surface area contributed by atoms with Gasteiger partial charge in [0.25, 0.3) is 0 Å². The molecule has 5 heteroatoms. The van der Waals surface area contributed by atoms with Crippen LogP contribution in [0.4, 0.5) is 5.82 Å². The molecule has 1 heterocycles. The molecular weight excluding hydrogens is 242 g/mol. The summed E-state index contributed by atoms with van der Waals surface area (Å²) in [5.74, 6) is -0.525. The normalized spacial score (nSPS) is 12.4. The van der Waals surface area contributed by atoms with Crippen LogP contribution in [-0.2, 0) is 4.79 Å². The zero-order valence-electron chi connectivity index (χ0n) is 11.3. The number of aryl methyl sites for hydroxylation is 1. The van der Waals surface area contributed by atoms with Gasteiger partial charge < -0.3 is 10.0 Å². The second-order valence-electron chi connectivity index (χ2n) is 4.74. The average Bonchev–Trinajstić information content (AvgIpc) is 2.37. The number of carboxylic acid groups (broad SMARTS) is 1. The molecule has 1 N–H and O–H groups in total. The molecule has 1 aromatic heterocycles. The van der Waals surface area contributed by atoms with Crippen LogP contribution < -0.4 is 4.90 Å². The smallest absolute Gasteiger partial charge is 0.308 e. The second kappa shape index (κ2) is 5.22. The van der Waals surface area contributed by atoms with Crippen LogP contribution in [0, 0.1) is 12.8 Å². The van der Waals surface area contributed by atoms with Gasteiger partial charge in [0.1, 0.15) is 0 Å². The molecule has 1 atom stereocenters. The molecule has 100 valence electrons. The maximum Gasteiger partial charge on any atom is 0.308 e. The molecule has 0 amide bonds. The number of para-hydroxylation sites is 2. The van der Waals surface area contributed by atoms with Gasteiger partial charge in [-0.05, 0) is 19.1 Å². The maximum atomic E-state index is 10.9. The number of hydrogen-bond donors (Lipinski definition) is 1. The molecule has 2 aromatic rings. The van der Waals surface area contributed by atoms with E-state index < -0.39 is 11.9 Å². The molecule has 0 radical (unpaired) electrons. The van der Waals surface area contributed by atoms with E-state index in [2.05, 4.69) is 9.97 Å². The summed E-state index contributed by atoms with van der Waals surface area (Å²) in [5, 5.41) is 8.96. The standard InChI is InChI=1S/C14H17N3O2/c1-9(14(18)19)8-17(3)13-10(2)15-11-6-4-5-7-12(11)16-13/h4-7,9H,8H2,1-3H3,(H,18,19). The highest BCUT2D eigenvalue weighted by molar-refractivity contribution is 5.76. The molecule has 1 unspecified atom stereocenters. The summed E-state index contributed by atoms with van der Waals surface area (Å²) in [7, 11) is 1.84. The van der Waals surface area contributed by atoms with Crippen molar-refractivity contribution in [2.24, 2.45) is 5.92 Å². The summed E-state index contributed by atoms with van der Waals surface area (Å²) in [6, 6.07) is 7.65. The van der Waals surface area contributed by atoms with Gasteiger partial charge in [0.05, 0.1) is 22.6 Å². The van der Waals surface area contributed by atoms with E-state index >= 15 is 0 Å². The minimum Gasteiger partial charge on any atom is -0.481 e. The van der Waals surface area contributed by atoms with Crippen LogP contribution in [0.5, 0.6) is 0 Å². The Balaban J connectivity index is 2.33. The maximum absolute atomic E-state index is 10.9. The molecule has 0 aliphatic heterocycles. The third-order valence-corrected chi connectivity index (χ3v) is 3.05. The van der Waals surface area contributed by atoms with E-state index in [1.54, 1.807) is 6.92 Å². The summed E-state index contributed by atoms with van der Waals surface area (Å²) in [6.07, 6.45) is 0. The van der Waals surface area contributed by atoms with Crippen molar-refractivity contribution in [3.8, 4) is 0 Å². The van der Waals surface area contributed by atoms with Crippen molar-refractivity contribution >= 4 is 22.8 Å². The van der Waals surface area contributed by atoms with Gasteiger partial charge in [-0.3, -0.25) is 4.79 Å². The van der Waals surface area contributed by atoms with Crippen molar-refractivity contribution < 1.29 is 9.90 Å². The van der Waals surface area contributed by atoms with Crippen LogP contribution in [0.15, 0.2) is 24.3 Å². The summed E-state index contributed by atoms with van der Waals surface area (Å²) in [5.41, 5.74) is 2.47. The van der Waals surface area contributed by atoms with Crippen LogP contribution in [-0.4, -0.2) is 34.6 Å². The van der Waals surface area contributed by atoms with E-state index in [9.17, 15) is 4.79 Å². The van der Waals surface area contributed by atoms with Gasteiger partial charge >= 0.3 is 5.97 Å². The summed E-state index contributed by atoms with van der Waals surface area (Å²) < 4.78 is 0. The third-order valence-electron chi connectivity index (χ3n) is 3.05. The SMILES string of the molecule is Cc1nc2ccccc2nc1N(C)CC(C)C(=O)O. The molecule has 0 saturated carbocycles. The van der Waals surface area contributed by atoms with E-state index in [1.807, 2.05) is 43.1 Å². The van der Waals surface area contributed by atoms with E-state index in [0.717, 1.165) is 22.5 Å². The highest BCUT2D eigenvalue weighted by Crippen LogP contribution is 2.19. The number of carboxylic acids is 1. The Morgan fingerprint density at radius 3 is 2.47 bits per heavy atom. The van der Waals surface area contributed by atoms with Gasteiger partial charge in [0.2, 0.25) is 0 Å². The van der Waals surface area contributed by atoms with Crippen LogP contribution in [0.1, 0.15) is 12.6 Å². The van der Waals surface area contributed by atoms with E-state index in [0.29, 0.717) is 6.54 Å². The Hall–Kier alpha value is -2.17. The van der Waals surface area contributed by atoms with Crippen LogP contribution >= 0.6 is 0 Å². The monoisotopic (exact) mass is 259 g/mol. The molecule has 0 fully saturated rings. The van der Waals surface area contributed by atoms with Crippen molar-refractivity contribution in [3.05, 3.63) is 30.0 Å². The molecule has 5 nitrogen and oxygen atoms in total. The number of nitrogens with zero attached hydrogens (tertiary/aromatic N) is 3. The van der Waals surface area contributed by atoms with Crippen molar-refractivity contribution in [1.29, 1.82) is 0 Å². The minimum absolute atomic E-state index is 0.406. The predicted octanol–water partition coefficient (Wildman–Crippen LogP) is 2.10. The fourth-order valence-corrected chi connectivity index (χ4v) is 2.02. The fourth-order valence-electron chi connectivity index (χ4n) is 2.02. The molecule has 0 bridgehead atoms. The molecule has 1 aromatic carbocycles. The Kier molecular flexibility index (Phi) is 3.64. The first-order valence-corrected chi connectivity index (χ1v) is 6.16. The summed E-state index contributed by atoms with van der Waals surface area (Å²) in [4.78, 5) is 21.8. The first-order valence-electron chi connectivity index (χ1n) is 6.16. The lowest BCUT2D eigenvalue weighted by Gasteiger charge is -2.22. The van der Waals surface area contributed by atoms with Crippen molar-refractivity contribution in [2.45, 2.75) is 13.8 Å². The summed E-state index contributed by atoms with van der Waals surface area (Å²) in [6.45, 7) is 3.97. The highest BCUT2D eigenvalue weighted by atomic mass is 16.4. The number of benzene rings is 1. The van der Waals surface area contributed by atoms with Crippen molar-refractivity contribution in [2.75, 3.05) is 18.5 Å². The van der Waals surface area contributed by atoms with Gasteiger partial charge in [-0.15, -0.1) is 0 Å². The lowest BCUT2D eigenvalue weighted by Crippen LogP contribution is -2.29. The Morgan fingerprint density at radius 1 is 1.32 bits per heavy atom. The van der Waals surface area contributed by atoms with E-state index in [1.165, 1.54) is 0 Å². The number of hydrogen-bond acceptors (Lipinski definition) is 4. The number of aliphatic carboxylic acids is 1. The number of aromatic nitrogens is 2. The van der Waals surface area contributed by atoms with Gasteiger partial charge in [-0.1, -0.05) is 19.1 Å².